The van der Waals surface area contributed by atoms with Crippen LogP contribution in [0.15, 0.2) is 128 Å². The van der Waals surface area contributed by atoms with Gasteiger partial charge in [-0.25, -0.2) is 4.98 Å². The Kier molecular flexibility index (Phi) is 5.49. The van der Waals surface area contributed by atoms with E-state index in [1.807, 2.05) is 13.0 Å². The predicted octanol–water partition coefficient (Wildman–Crippen LogP) is 9.47. The van der Waals surface area contributed by atoms with E-state index in [1.165, 1.54) is 10.8 Å². The van der Waals surface area contributed by atoms with Gasteiger partial charge in [0.05, 0.1) is 22.2 Å². The summed E-state index contributed by atoms with van der Waals surface area (Å²) in [5, 5.41) is 3.60. The molecule has 0 bridgehead atoms. The van der Waals surface area contributed by atoms with Crippen molar-refractivity contribution in [3.05, 3.63) is 139 Å². The molecule has 0 aliphatic carbocycles. The number of allylic oxidation sites excluding steroid dienone is 1. The minimum Gasteiger partial charge on any atom is -0.294 e. The molecule has 0 aliphatic rings. The van der Waals surface area contributed by atoms with Crippen molar-refractivity contribution in [2.45, 2.75) is 6.92 Å². The lowest BCUT2D eigenvalue weighted by atomic mass is 10.1. The third-order valence-corrected chi connectivity index (χ3v) is 7.42. The van der Waals surface area contributed by atoms with E-state index < -0.39 is 0 Å². The third kappa shape index (κ3) is 3.63. The fourth-order valence-electron chi connectivity index (χ4n) is 5.77. The van der Waals surface area contributed by atoms with Gasteiger partial charge in [-0.1, -0.05) is 104 Å². The molecule has 0 aliphatic heterocycles. The Labute approximate surface area is 227 Å². The molecule has 3 heteroatoms. The Morgan fingerprint density at radius 3 is 1.69 bits per heavy atom. The zero-order valence-corrected chi connectivity index (χ0v) is 21.8. The van der Waals surface area contributed by atoms with Gasteiger partial charge in [-0.3, -0.25) is 9.13 Å². The van der Waals surface area contributed by atoms with Crippen molar-refractivity contribution in [1.29, 1.82) is 0 Å². The molecule has 0 atom stereocenters. The van der Waals surface area contributed by atoms with E-state index in [1.54, 1.807) is 0 Å². The molecule has 39 heavy (non-hydrogen) atoms. The molecule has 0 amide bonds. The topological polar surface area (TPSA) is 22.8 Å². The second kappa shape index (κ2) is 9.30. The third-order valence-electron chi connectivity index (χ3n) is 7.42. The molecule has 3 aromatic heterocycles. The maximum absolute atomic E-state index is 5.37. The lowest BCUT2D eigenvalue weighted by molar-refractivity contribution is 0.987. The first-order valence-corrected chi connectivity index (χ1v) is 13.2. The van der Waals surface area contributed by atoms with E-state index in [2.05, 4.69) is 143 Å². The first kappa shape index (κ1) is 23.0. The standard InChI is InChI=1S/C36H27N3/c1-3-14-31-27(4-2)28-17-8-11-20-32(28)38(31)35-23-26(25-15-6-5-7-16-25)24-36(37-35)39-33-21-12-9-18-29(33)30-19-10-13-22-34(30)39/h3-24H,2H2,1H3/b14-3-. The van der Waals surface area contributed by atoms with Gasteiger partial charge in [0.2, 0.25) is 0 Å². The van der Waals surface area contributed by atoms with E-state index in [9.17, 15) is 0 Å². The summed E-state index contributed by atoms with van der Waals surface area (Å²) in [7, 11) is 0. The summed E-state index contributed by atoms with van der Waals surface area (Å²) in [5.74, 6) is 1.75. The van der Waals surface area contributed by atoms with Crippen LogP contribution in [0.2, 0.25) is 0 Å². The minimum atomic E-state index is 0.866. The summed E-state index contributed by atoms with van der Waals surface area (Å²) >= 11 is 0. The number of rotatable bonds is 5. The Morgan fingerprint density at radius 2 is 1.10 bits per heavy atom. The average molecular weight is 502 g/mol. The van der Waals surface area contributed by atoms with Crippen molar-refractivity contribution in [2.24, 2.45) is 0 Å². The monoisotopic (exact) mass is 501 g/mol. The van der Waals surface area contributed by atoms with Crippen molar-refractivity contribution in [3.8, 4) is 22.8 Å². The van der Waals surface area contributed by atoms with E-state index >= 15 is 0 Å². The van der Waals surface area contributed by atoms with Gasteiger partial charge in [0.25, 0.3) is 0 Å². The number of hydrogen-bond acceptors (Lipinski definition) is 1. The van der Waals surface area contributed by atoms with Crippen LogP contribution >= 0.6 is 0 Å². The lowest BCUT2D eigenvalue weighted by Gasteiger charge is -2.15. The Morgan fingerprint density at radius 1 is 0.590 bits per heavy atom. The number of para-hydroxylation sites is 3. The van der Waals surface area contributed by atoms with Crippen LogP contribution < -0.4 is 0 Å². The van der Waals surface area contributed by atoms with Crippen LogP contribution in [0.3, 0.4) is 0 Å². The number of hydrogen-bond donors (Lipinski definition) is 0. The van der Waals surface area contributed by atoms with E-state index in [-0.39, 0.29) is 0 Å². The molecule has 3 heterocycles. The smallest absolute Gasteiger partial charge is 0.140 e. The van der Waals surface area contributed by atoms with Crippen LogP contribution in [-0.4, -0.2) is 14.1 Å². The fourth-order valence-corrected chi connectivity index (χ4v) is 5.77. The highest BCUT2D eigenvalue weighted by atomic mass is 15.1. The fraction of sp³-hybridized carbons (Fsp3) is 0.0278. The highest BCUT2D eigenvalue weighted by Crippen LogP contribution is 2.36. The first-order chi connectivity index (χ1) is 19.3. The van der Waals surface area contributed by atoms with Crippen LogP contribution in [0.4, 0.5) is 0 Å². The molecule has 7 rings (SSSR count). The highest BCUT2D eigenvalue weighted by Gasteiger charge is 2.19. The van der Waals surface area contributed by atoms with Crippen LogP contribution in [-0.2, 0) is 0 Å². The zero-order chi connectivity index (χ0) is 26.3. The number of fused-ring (bicyclic) bond motifs is 4. The summed E-state index contributed by atoms with van der Waals surface area (Å²) in [4.78, 5) is 5.37. The summed E-state index contributed by atoms with van der Waals surface area (Å²) in [6.07, 6.45) is 6.17. The minimum absolute atomic E-state index is 0.866. The Bertz CT molecular complexity index is 1980. The largest absolute Gasteiger partial charge is 0.294 e. The van der Waals surface area contributed by atoms with Crippen molar-refractivity contribution in [3.63, 3.8) is 0 Å². The average Bonchev–Trinajstić information content (AvgIpc) is 3.50. The molecule has 4 aromatic carbocycles. The maximum atomic E-state index is 5.37. The van der Waals surface area contributed by atoms with Crippen molar-refractivity contribution in [1.82, 2.24) is 14.1 Å². The van der Waals surface area contributed by atoms with Crippen LogP contribution in [0, 0.1) is 0 Å². The predicted molar refractivity (Wildman–Crippen MR) is 166 cm³/mol. The van der Waals surface area contributed by atoms with Crippen molar-refractivity contribution >= 4 is 44.9 Å². The summed E-state index contributed by atoms with van der Waals surface area (Å²) in [6.45, 7) is 6.20. The quantitative estimate of drug-likeness (QED) is 0.230. The van der Waals surface area contributed by atoms with E-state index in [0.717, 1.165) is 56.0 Å². The lowest BCUT2D eigenvalue weighted by Crippen LogP contribution is -2.05. The van der Waals surface area contributed by atoms with Gasteiger partial charge >= 0.3 is 0 Å². The second-order valence-corrected chi connectivity index (χ2v) is 9.66. The SMILES string of the molecule is C=Cc1c(/C=C\C)n(-c2cc(-c3ccccc3)cc(-n3c4ccccc4c4ccccc43)n2)c2ccccc12. The normalized spacial score (nSPS) is 11.7. The second-order valence-electron chi connectivity index (χ2n) is 9.66. The van der Waals surface area contributed by atoms with Gasteiger partial charge in [-0.2, -0.15) is 0 Å². The molecule has 0 unspecified atom stereocenters. The molecule has 3 nitrogen and oxygen atoms in total. The first-order valence-electron chi connectivity index (χ1n) is 13.2. The molecular weight excluding hydrogens is 474 g/mol. The van der Waals surface area contributed by atoms with Gasteiger partial charge in [0.1, 0.15) is 11.6 Å². The van der Waals surface area contributed by atoms with Crippen molar-refractivity contribution in [2.75, 3.05) is 0 Å². The molecule has 186 valence electrons. The van der Waals surface area contributed by atoms with Crippen LogP contribution in [0.25, 0.3) is 67.6 Å². The van der Waals surface area contributed by atoms with Crippen molar-refractivity contribution < 1.29 is 0 Å². The molecule has 0 radical (unpaired) electrons. The van der Waals surface area contributed by atoms with Gasteiger partial charge in [-0.05, 0) is 54.5 Å². The number of pyridine rings is 1. The van der Waals surface area contributed by atoms with E-state index in [4.69, 9.17) is 4.98 Å². The Hall–Kier alpha value is -5.15. The Balaban J connectivity index is 1.62. The molecule has 0 N–H and O–H groups in total. The zero-order valence-electron chi connectivity index (χ0n) is 21.8. The molecule has 7 aromatic rings. The maximum Gasteiger partial charge on any atom is 0.140 e. The summed E-state index contributed by atoms with van der Waals surface area (Å²) in [6, 6.07) is 40.5. The van der Waals surface area contributed by atoms with Crippen LogP contribution in [0.1, 0.15) is 18.2 Å². The van der Waals surface area contributed by atoms with Crippen LogP contribution in [0.5, 0.6) is 0 Å². The summed E-state index contributed by atoms with van der Waals surface area (Å²) < 4.78 is 4.55. The molecule has 0 saturated carbocycles. The molecule has 0 saturated heterocycles. The molecule has 0 spiro atoms. The van der Waals surface area contributed by atoms with Gasteiger partial charge in [0.15, 0.2) is 0 Å². The molecule has 0 fully saturated rings. The number of nitrogens with zero attached hydrogens (tertiary/aromatic N) is 3. The number of aromatic nitrogens is 3. The number of benzene rings is 4. The molecular formula is C36H27N3. The van der Waals surface area contributed by atoms with Gasteiger partial charge in [-0.15, -0.1) is 0 Å². The highest BCUT2D eigenvalue weighted by molar-refractivity contribution is 6.09. The van der Waals surface area contributed by atoms with Gasteiger partial charge < -0.3 is 0 Å². The van der Waals surface area contributed by atoms with E-state index in [0.29, 0.717) is 0 Å². The summed E-state index contributed by atoms with van der Waals surface area (Å²) in [5.41, 5.74) is 7.82. The van der Waals surface area contributed by atoms with Gasteiger partial charge in [0, 0.05) is 21.7 Å².